The van der Waals surface area contributed by atoms with E-state index in [0.29, 0.717) is 13.1 Å². The van der Waals surface area contributed by atoms with Crippen molar-refractivity contribution in [2.24, 2.45) is 5.41 Å². The monoisotopic (exact) mass is 229 g/mol. The molecule has 0 saturated carbocycles. The summed E-state index contributed by atoms with van der Waals surface area (Å²) in [7, 11) is 0. The fourth-order valence-corrected chi connectivity index (χ4v) is 2.53. The van der Waals surface area contributed by atoms with Crippen LogP contribution in [0.4, 0.5) is 0 Å². The zero-order valence-corrected chi connectivity index (χ0v) is 11.8. The smallest absolute Gasteiger partial charge is 0.0394 e. The highest BCUT2D eigenvalue weighted by Crippen LogP contribution is 2.31. The van der Waals surface area contributed by atoms with Gasteiger partial charge in [-0.15, -0.1) is 0 Å². The molecule has 2 heteroatoms. The van der Waals surface area contributed by atoms with Crippen LogP contribution in [0.15, 0.2) is 0 Å². The maximum absolute atomic E-state index is 7.68. The molecule has 0 aliphatic carbocycles. The average molecular weight is 229 g/mol. The van der Waals surface area contributed by atoms with Crippen molar-refractivity contribution in [3.05, 3.63) is 0 Å². The van der Waals surface area contributed by atoms with Gasteiger partial charge in [0.1, 0.15) is 0 Å². The van der Waals surface area contributed by atoms with Crippen LogP contribution in [-0.2, 0) is 0 Å². The molecule has 0 N–H and O–H groups in total. The van der Waals surface area contributed by atoms with Crippen LogP contribution in [0.1, 0.15) is 52.1 Å². The fraction of sp³-hybridized carbons (Fsp3) is 1.00. The van der Waals surface area contributed by atoms with Gasteiger partial charge < -0.3 is 4.90 Å². The topological polar surface area (TPSA) is 6.48 Å². The van der Waals surface area contributed by atoms with Crippen molar-refractivity contribution >= 4 is 0 Å². The second-order valence-electron chi connectivity index (χ2n) is 7.05. The minimum atomic E-state index is -1.97. The van der Waals surface area contributed by atoms with Crippen LogP contribution >= 0.6 is 0 Å². The second-order valence-corrected chi connectivity index (χ2v) is 7.05. The van der Waals surface area contributed by atoms with Crippen molar-refractivity contribution in [3.8, 4) is 0 Å². The van der Waals surface area contributed by atoms with Gasteiger partial charge in [0, 0.05) is 28.8 Å². The summed E-state index contributed by atoms with van der Waals surface area (Å²) in [6.07, 6.45) is 0.919. The quantitative estimate of drug-likeness (QED) is 0.630. The van der Waals surface area contributed by atoms with Crippen LogP contribution in [0.25, 0.3) is 0 Å². The normalized spacial score (nSPS) is 30.4. The van der Waals surface area contributed by atoms with E-state index in [1.165, 1.54) is 0 Å². The van der Waals surface area contributed by atoms with Crippen LogP contribution in [0, 0.1) is 5.41 Å². The van der Waals surface area contributed by atoms with Gasteiger partial charge in [-0.1, -0.05) is 20.8 Å². The first kappa shape index (κ1) is 9.90. The Bertz CT molecular complexity index is 299. The van der Waals surface area contributed by atoms with Crippen LogP contribution in [-0.4, -0.2) is 48.0 Å². The molecule has 16 heavy (non-hydrogen) atoms. The van der Waals surface area contributed by atoms with E-state index in [2.05, 4.69) is 46.4 Å². The summed E-state index contributed by atoms with van der Waals surface area (Å²) in [6, 6.07) is 0.260. The van der Waals surface area contributed by atoms with Crippen LogP contribution in [0.3, 0.4) is 0 Å². The Morgan fingerprint density at radius 3 is 2.12 bits per heavy atom. The lowest BCUT2D eigenvalue weighted by atomic mass is 9.83. The number of rotatable bonds is 0. The minimum absolute atomic E-state index is 0.0706. The molecule has 0 aromatic rings. The maximum Gasteiger partial charge on any atom is 0.0394 e. The van der Waals surface area contributed by atoms with Crippen LogP contribution in [0.5, 0.6) is 0 Å². The van der Waals surface area contributed by atoms with E-state index in [4.69, 9.17) is 4.11 Å². The van der Waals surface area contributed by atoms with E-state index in [0.717, 1.165) is 13.0 Å². The molecule has 1 fully saturated rings. The summed E-state index contributed by atoms with van der Waals surface area (Å²) in [4.78, 5) is 4.16. The highest BCUT2D eigenvalue weighted by atomic mass is 15.3. The third-order valence-electron chi connectivity index (χ3n) is 3.46. The van der Waals surface area contributed by atoms with Gasteiger partial charge in [0.25, 0.3) is 0 Å². The highest BCUT2D eigenvalue weighted by molar-refractivity contribution is 4.93. The molecule has 0 aromatic carbocycles. The molecule has 0 spiro atoms. The summed E-state index contributed by atoms with van der Waals surface area (Å²) in [5.41, 5.74) is 0.143. The van der Waals surface area contributed by atoms with Crippen LogP contribution in [0.2, 0.25) is 0 Å². The van der Waals surface area contributed by atoms with Crippen molar-refractivity contribution in [1.29, 1.82) is 0 Å². The first-order chi connectivity index (χ1) is 8.33. The molecule has 0 radical (unpaired) electrons. The summed E-state index contributed by atoms with van der Waals surface area (Å²) >= 11 is 0. The Labute approximate surface area is 106 Å². The Morgan fingerprint density at radius 2 is 1.69 bits per heavy atom. The standard InChI is InChI=1S/C14H30N2/c1-13(2,3)12-11-15(7)9-8-10-16(12)14(4,5)6/h12H,8-11H2,1-7H3/t12-/m0/s1/i7D3. The minimum Gasteiger partial charge on any atom is -0.305 e. The van der Waals surface area contributed by atoms with Gasteiger partial charge in [0.2, 0.25) is 0 Å². The summed E-state index contributed by atoms with van der Waals surface area (Å²) in [5, 5.41) is 0. The van der Waals surface area contributed by atoms with Gasteiger partial charge in [-0.05, 0) is 46.1 Å². The fourth-order valence-electron chi connectivity index (χ4n) is 2.53. The van der Waals surface area contributed by atoms with Gasteiger partial charge >= 0.3 is 0 Å². The van der Waals surface area contributed by atoms with Crippen molar-refractivity contribution in [2.45, 2.75) is 59.5 Å². The average Bonchev–Trinajstić information content (AvgIpc) is 2.35. The molecule has 1 rings (SSSR count). The Morgan fingerprint density at radius 1 is 1.06 bits per heavy atom. The van der Waals surface area contributed by atoms with Gasteiger partial charge in [0.15, 0.2) is 0 Å². The molecule has 1 heterocycles. The van der Waals surface area contributed by atoms with Gasteiger partial charge in [0.05, 0.1) is 0 Å². The number of hydrogen-bond acceptors (Lipinski definition) is 2. The number of hydrogen-bond donors (Lipinski definition) is 0. The molecule has 0 unspecified atom stereocenters. The van der Waals surface area contributed by atoms with Crippen molar-refractivity contribution in [3.63, 3.8) is 0 Å². The van der Waals surface area contributed by atoms with E-state index >= 15 is 0 Å². The Balaban J connectivity index is 3.04. The zero-order valence-electron chi connectivity index (χ0n) is 14.8. The van der Waals surface area contributed by atoms with Crippen molar-refractivity contribution < 1.29 is 4.11 Å². The molecule has 2 nitrogen and oxygen atoms in total. The molecule has 1 aliphatic rings. The molecule has 0 bridgehead atoms. The lowest BCUT2D eigenvalue weighted by Crippen LogP contribution is -2.55. The number of nitrogens with zero attached hydrogens (tertiary/aromatic N) is 2. The van der Waals surface area contributed by atoms with Crippen LogP contribution < -0.4 is 0 Å². The van der Waals surface area contributed by atoms with Gasteiger partial charge in [-0.2, -0.15) is 0 Å². The summed E-state index contributed by atoms with van der Waals surface area (Å²) < 4.78 is 23.0. The SMILES string of the molecule is [2H]C([2H])([2H])N1CCCN(C(C)(C)C)[C@H](C(C)(C)C)C1. The lowest BCUT2D eigenvalue weighted by molar-refractivity contribution is 0.0221. The summed E-state index contributed by atoms with van der Waals surface area (Å²) in [6.45, 7) is 13.6. The van der Waals surface area contributed by atoms with E-state index in [9.17, 15) is 0 Å². The second kappa shape index (κ2) is 4.66. The van der Waals surface area contributed by atoms with E-state index in [1.807, 2.05) is 0 Å². The van der Waals surface area contributed by atoms with E-state index < -0.39 is 6.98 Å². The van der Waals surface area contributed by atoms with Crippen molar-refractivity contribution in [1.82, 2.24) is 9.80 Å². The van der Waals surface area contributed by atoms with E-state index in [1.54, 1.807) is 4.90 Å². The van der Waals surface area contributed by atoms with Gasteiger partial charge in [-0.3, -0.25) is 4.90 Å². The zero-order chi connectivity index (χ0) is 15.1. The number of likely N-dealkylation sites (N-methyl/N-ethyl adjacent to an activating group) is 1. The molecule has 1 saturated heterocycles. The Kier molecular flexibility index (Phi) is 2.88. The van der Waals surface area contributed by atoms with Crippen molar-refractivity contribution in [2.75, 3.05) is 26.6 Å². The summed E-state index contributed by atoms with van der Waals surface area (Å²) in [5.74, 6) is 0. The maximum atomic E-state index is 7.68. The lowest BCUT2D eigenvalue weighted by Gasteiger charge is -2.47. The third-order valence-corrected chi connectivity index (χ3v) is 3.46. The third kappa shape index (κ3) is 3.46. The molecule has 0 aromatic heterocycles. The molecule has 96 valence electrons. The first-order valence-electron chi connectivity index (χ1n) is 7.85. The molecule has 1 aliphatic heterocycles. The van der Waals surface area contributed by atoms with Gasteiger partial charge in [-0.25, -0.2) is 0 Å². The molecule has 1 atom stereocenters. The highest BCUT2D eigenvalue weighted by Gasteiger charge is 2.37. The molecule has 0 amide bonds. The Hall–Kier alpha value is -0.0800. The first-order valence-corrected chi connectivity index (χ1v) is 6.35. The molecular formula is C14H30N2. The molecular weight excluding hydrogens is 196 g/mol. The largest absolute Gasteiger partial charge is 0.305 e. The predicted molar refractivity (Wildman–Crippen MR) is 71.8 cm³/mol. The van der Waals surface area contributed by atoms with E-state index in [-0.39, 0.29) is 17.0 Å². The predicted octanol–water partition coefficient (Wildman–Crippen LogP) is 2.84.